The van der Waals surface area contributed by atoms with Crippen LogP contribution in [0.4, 0.5) is 17.3 Å². The molecule has 1 atom stereocenters. The molecule has 0 saturated heterocycles. The third-order valence-corrected chi connectivity index (χ3v) is 3.82. The van der Waals surface area contributed by atoms with Gasteiger partial charge in [0, 0.05) is 24.3 Å². The normalized spacial score (nSPS) is 15.0. The summed E-state index contributed by atoms with van der Waals surface area (Å²) in [7, 11) is 0. The molecular weight excluding hydrogens is 248 g/mol. The van der Waals surface area contributed by atoms with Crippen molar-refractivity contribution in [2.75, 3.05) is 16.8 Å². The SMILES string of the molecule is CCC(C)Nc1cc(N2CCc3ccccc32)ncn1. The molecule has 1 aliphatic heterocycles. The number of hydrogen-bond donors (Lipinski definition) is 1. The summed E-state index contributed by atoms with van der Waals surface area (Å²) in [4.78, 5) is 11.0. The summed E-state index contributed by atoms with van der Waals surface area (Å²) in [6, 6.07) is 11.0. The van der Waals surface area contributed by atoms with Crippen LogP contribution in [-0.4, -0.2) is 22.6 Å². The molecule has 4 nitrogen and oxygen atoms in total. The maximum absolute atomic E-state index is 4.43. The molecule has 1 unspecified atom stereocenters. The van der Waals surface area contributed by atoms with E-state index >= 15 is 0 Å². The van der Waals surface area contributed by atoms with E-state index in [0.717, 1.165) is 31.0 Å². The average Bonchev–Trinajstić information content (AvgIpc) is 2.91. The first-order valence-electron chi connectivity index (χ1n) is 7.22. The van der Waals surface area contributed by atoms with Gasteiger partial charge in [0.05, 0.1) is 0 Å². The van der Waals surface area contributed by atoms with Gasteiger partial charge in [0.15, 0.2) is 0 Å². The Morgan fingerprint density at radius 1 is 1.30 bits per heavy atom. The summed E-state index contributed by atoms with van der Waals surface area (Å²) in [5, 5.41) is 3.40. The van der Waals surface area contributed by atoms with Gasteiger partial charge in [0.1, 0.15) is 18.0 Å². The Morgan fingerprint density at radius 2 is 2.15 bits per heavy atom. The molecule has 3 rings (SSSR count). The summed E-state index contributed by atoms with van der Waals surface area (Å²) in [5.74, 6) is 1.87. The zero-order valence-corrected chi connectivity index (χ0v) is 12.0. The fourth-order valence-electron chi connectivity index (χ4n) is 2.50. The summed E-state index contributed by atoms with van der Waals surface area (Å²) in [6.45, 7) is 5.31. The lowest BCUT2D eigenvalue weighted by atomic mass is 10.2. The molecule has 0 aliphatic carbocycles. The highest BCUT2D eigenvalue weighted by Gasteiger charge is 2.21. The van der Waals surface area contributed by atoms with Crippen LogP contribution in [0.3, 0.4) is 0 Å². The van der Waals surface area contributed by atoms with Crippen LogP contribution in [0.5, 0.6) is 0 Å². The van der Waals surface area contributed by atoms with Crippen LogP contribution in [0.15, 0.2) is 36.7 Å². The van der Waals surface area contributed by atoms with Gasteiger partial charge in [-0.3, -0.25) is 0 Å². The van der Waals surface area contributed by atoms with Crippen LogP contribution in [-0.2, 0) is 6.42 Å². The fourth-order valence-corrected chi connectivity index (χ4v) is 2.50. The third-order valence-electron chi connectivity index (χ3n) is 3.82. The monoisotopic (exact) mass is 268 g/mol. The maximum Gasteiger partial charge on any atom is 0.138 e. The smallest absolute Gasteiger partial charge is 0.138 e. The number of fused-ring (bicyclic) bond motifs is 1. The predicted molar refractivity (Wildman–Crippen MR) is 82.6 cm³/mol. The van der Waals surface area contributed by atoms with Gasteiger partial charge >= 0.3 is 0 Å². The number of para-hydroxylation sites is 1. The minimum absolute atomic E-state index is 0.420. The molecule has 0 bridgehead atoms. The molecule has 20 heavy (non-hydrogen) atoms. The Bertz CT molecular complexity index is 597. The number of rotatable bonds is 4. The van der Waals surface area contributed by atoms with Crippen LogP contribution < -0.4 is 10.2 Å². The molecule has 4 heteroatoms. The second-order valence-electron chi connectivity index (χ2n) is 5.25. The summed E-state index contributed by atoms with van der Waals surface area (Å²) < 4.78 is 0. The molecule has 0 spiro atoms. The third kappa shape index (κ3) is 2.46. The molecule has 1 aromatic heterocycles. The molecule has 0 amide bonds. The molecule has 0 saturated carbocycles. The fraction of sp³-hybridized carbons (Fsp3) is 0.375. The van der Waals surface area contributed by atoms with Crippen LogP contribution in [0, 0.1) is 0 Å². The van der Waals surface area contributed by atoms with Gasteiger partial charge < -0.3 is 10.2 Å². The van der Waals surface area contributed by atoms with E-state index in [1.807, 2.05) is 6.07 Å². The van der Waals surface area contributed by atoms with Crippen molar-refractivity contribution in [2.24, 2.45) is 0 Å². The first-order chi connectivity index (χ1) is 9.78. The van der Waals surface area contributed by atoms with E-state index in [2.05, 4.69) is 58.3 Å². The summed E-state index contributed by atoms with van der Waals surface area (Å²) in [6.07, 6.45) is 3.79. The van der Waals surface area contributed by atoms with Crippen LogP contribution in [0.1, 0.15) is 25.8 Å². The van der Waals surface area contributed by atoms with E-state index < -0.39 is 0 Å². The van der Waals surface area contributed by atoms with Gasteiger partial charge in [0.25, 0.3) is 0 Å². The Hall–Kier alpha value is -2.10. The molecule has 0 fully saturated rings. The lowest BCUT2D eigenvalue weighted by Crippen LogP contribution is -2.18. The average molecular weight is 268 g/mol. The van der Waals surface area contributed by atoms with E-state index in [1.165, 1.54) is 11.3 Å². The standard InChI is InChI=1S/C16H20N4/c1-3-12(2)19-15-10-16(18-11-17-15)20-9-8-13-6-4-5-7-14(13)20/h4-7,10-12H,3,8-9H2,1-2H3,(H,17,18,19). The minimum Gasteiger partial charge on any atom is -0.367 e. The molecule has 0 radical (unpaired) electrons. The Morgan fingerprint density at radius 3 is 3.00 bits per heavy atom. The van der Waals surface area contributed by atoms with Crippen molar-refractivity contribution in [3.8, 4) is 0 Å². The number of hydrogen-bond acceptors (Lipinski definition) is 4. The van der Waals surface area contributed by atoms with Gasteiger partial charge in [-0.25, -0.2) is 9.97 Å². The van der Waals surface area contributed by atoms with Gasteiger partial charge in [0.2, 0.25) is 0 Å². The van der Waals surface area contributed by atoms with Crippen LogP contribution in [0.25, 0.3) is 0 Å². The van der Waals surface area contributed by atoms with Crippen molar-refractivity contribution >= 4 is 17.3 Å². The second-order valence-corrected chi connectivity index (χ2v) is 5.25. The van der Waals surface area contributed by atoms with Gasteiger partial charge in [-0.15, -0.1) is 0 Å². The number of nitrogens with one attached hydrogen (secondary N) is 1. The van der Waals surface area contributed by atoms with Crippen molar-refractivity contribution in [1.82, 2.24) is 9.97 Å². The first-order valence-corrected chi connectivity index (χ1v) is 7.22. The predicted octanol–water partition coefficient (Wildman–Crippen LogP) is 3.38. The van der Waals surface area contributed by atoms with Crippen molar-refractivity contribution < 1.29 is 0 Å². The Balaban J connectivity index is 1.87. The molecule has 2 aromatic rings. The highest BCUT2D eigenvalue weighted by molar-refractivity contribution is 5.68. The number of benzene rings is 1. The zero-order valence-electron chi connectivity index (χ0n) is 12.0. The second kappa shape index (κ2) is 5.49. The zero-order chi connectivity index (χ0) is 13.9. The molecule has 1 aliphatic rings. The quantitative estimate of drug-likeness (QED) is 0.923. The topological polar surface area (TPSA) is 41.0 Å². The highest BCUT2D eigenvalue weighted by atomic mass is 15.2. The summed E-state index contributed by atoms with van der Waals surface area (Å²) >= 11 is 0. The van der Waals surface area contributed by atoms with Crippen molar-refractivity contribution in [1.29, 1.82) is 0 Å². The maximum atomic E-state index is 4.43. The molecule has 104 valence electrons. The van der Waals surface area contributed by atoms with E-state index in [4.69, 9.17) is 0 Å². The molecule has 1 aromatic carbocycles. The largest absolute Gasteiger partial charge is 0.367 e. The van der Waals surface area contributed by atoms with Crippen molar-refractivity contribution in [2.45, 2.75) is 32.7 Å². The molecule has 1 N–H and O–H groups in total. The van der Waals surface area contributed by atoms with E-state index in [1.54, 1.807) is 6.33 Å². The summed E-state index contributed by atoms with van der Waals surface area (Å²) in [5.41, 5.74) is 2.66. The van der Waals surface area contributed by atoms with Crippen molar-refractivity contribution in [3.63, 3.8) is 0 Å². The highest BCUT2D eigenvalue weighted by Crippen LogP contribution is 2.33. The first kappa shape index (κ1) is 12.9. The van der Waals surface area contributed by atoms with Gasteiger partial charge in [-0.2, -0.15) is 0 Å². The lowest BCUT2D eigenvalue weighted by Gasteiger charge is -2.19. The Kier molecular flexibility index (Phi) is 3.54. The van der Waals surface area contributed by atoms with Crippen LogP contribution >= 0.6 is 0 Å². The minimum atomic E-state index is 0.420. The number of anilines is 3. The van der Waals surface area contributed by atoms with Crippen molar-refractivity contribution in [3.05, 3.63) is 42.2 Å². The van der Waals surface area contributed by atoms with Gasteiger partial charge in [-0.1, -0.05) is 25.1 Å². The van der Waals surface area contributed by atoms with Gasteiger partial charge in [-0.05, 0) is 31.4 Å². The van der Waals surface area contributed by atoms with E-state index in [0.29, 0.717) is 6.04 Å². The number of nitrogens with zero attached hydrogens (tertiary/aromatic N) is 3. The molecular formula is C16H20N4. The van der Waals surface area contributed by atoms with Crippen LogP contribution in [0.2, 0.25) is 0 Å². The van der Waals surface area contributed by atoms with E-state index in [-0.39, 0.29) is 0 Å². The lowest BCUT2D eigenvalue weighted by molar-refractivity contribution is 0.758. The number of aromatic nitrogens is 2. The molecule has 2 heterocycles. The Labute approximate surface area is 119 Å². The van der Waals surface area contributed by atoms with E-state index in [9.17, 15) is 0 Å².